The van der Waals surface area contributed by atoms with Crippen LogP contribution in [0.2, 0.25) is 5.15 Å². The smallest absolute Gasteiger partial charge is 0.338 e. The molecule has 9 heteroatoms. The number of hydrogen-bond acceptors (Lipinski definition) is 6. The second-order valence-corrected chi connectivity index (χ2v) is 7.68. The van der Waals surface area contributed by atoms with Crippen LogP contribution < -0.4 is 20.1 Å². The van der Waals surface area contributed by atoms with E-state index in [1.165, 1.54) is 0 Å². The molecule has 1 aliphatic heterocycles. The van der Waals surface area contributed by atoms with E-state index in [0.29, 0.717) is 39.6 Å². The molecule has 0 fully saturated rings. The highest BCUT2D eigenvalue weighted by Crippen LogP contribution is 2.35. The van der Waals surface area contributed by atoms with Crippen molar-refractivity contribution in [2.45, 2.75) is 19.9 Å². The lowest BCUT2D eigenvalue weighted by atomic mass is 9.95. The molecular formula is C24H22ClN3O5. The molecule has 3 aromatic rings. The van der Waals surface area contributed by atoms with E-state index in [0.717, 1.165) is 5.39 Å². The van der Waals surface area contributed by atoms with Crippen molar-refractivity contribution < 1.29 is 23.8 Å². The minimum absolute atomic E-state index is 0.221. The van der Waals surface area contributed by atoms with Gasteiger partial charge in [-0.15, -0.1) is 0 Å². The van der Waals surface area contributed by atoms with Crippen molar-refractivity contribution in [3.8, 4) is 17.2 Å². The molecule has 33 heavy (non-hydrogen) atoms. The number of benzene rings is 2. The van der Waals surface area contributed by atoms with E-state index in [2.05, 4.69) is 15.6 Å². The van der Waals surface area contributed by atoms with Gasteiger partial charge in [-0.3, -0.25) is 0 Å². The lowest BCUT2D eigenvalue weighted by Gasteiger charge is -2.28. The zero-order valence-corrected chi connectivity index (χ0v) is 19.0. The van der Waals surface area contributed by atoms with Crippen LogP contribution in [0.25, 0.3) is 10.9 Å². The predicted octanol–water partition coefficient (Wildman–Crippen LogP) is 4.88. The van der Waals surface area contributed by atoms with Gasteiger partial charge in [0.1, 0.15) is 22.4 Å². The van der Waals surface area contributed by atoms with Crippen LogP contribution in [-0.2, 0) is 9.53 Å². The molecule has 0 saturated heterocycles. The Morgan fingerprint density at radius 3 is 2.73 bits per heavy atom. The highest BCUT2D eigenvalue weighted by Gasteiger charge is 2.32. The number of halogens is 1. The minimum atomic E-state index is -0.695. The summed E-state index contributed by atoms with van der Waals surface area (Å²) in [6.07, 6.45) is 0. The topological polar surface area (TPSA) is 98.8 Å². The number of fused-ring (bicyclic) bond motifs is 1. The third-order valence-electron chi connectivity index (χ3n) is 5.13. The van der Waals surface area contributed by atoms with Crippen molar-refractivity contribution in [2.24, 2.45) is 0 Å². The Labute approximate surface area is 195 Å². The first-order valence-corrected chi connectivity index (χ1v) is 10.6. The van der Waals surface area contributed by atoms with Crippen molar-refractivity contribution in [1.82, 2.24) is 15.6 Å². The molecule has 4 rings (SSSR count). The fourth-order valence-corrected chi connectivity index (χ4v) is 3.85. The van der Waals surface area contributed by atoms with Crippen LogP contribution in [0, 0.1) is 0 Å². The SMILES string of the molecule is CCOC(=O)C1=C(C)NC(=O)NC1c1cccc(Oc2cc(Cl)nc3ccc(OC)cc23)c1. The summed E-state index contributed by atoms with van der Waals surface area (Å²) in [5.74, 6) is 1.14. The quantitative estimate of drug-likeness (QED) is 0.396. The molecule has 170 valence electrons. The summed E-state index contributed by atoms with van der Waals surface area (Å²) in [6, 6.07) is 13.0. The predicted molar refractivity (Wildman–Crippen MR) is 124 cm³/mol. The first kappa shape index (κ1) is 22.4. The van der Waals surface area contributed by atoms with Gasteiger partial charge in [-0.1, -0.05) is 23.7 Å². The summed E-state index contributed by atoms with van der Waals surface area (Å²) in [5, 5.41) is 6.42. The van der Waals surface area contributed by atoms with E-state index < -0.39 is 18.0 Å². The normalized spacial score (nSPS) is 15.6. The molecule has 1 unspecified atom stereocenters. The van der Waals surface area contributed by atoms with Crippen LogP contribution in [0.1, 0.15) is 25.5 Å². The van der Waals surface area contributed by atoms with Gasteiger partial charge in [-0.2, -0.15) is 0 Å². The van der Waals surface area contributed by atoms with Crippen LogP contribution in [0.3, 0.4) is 0 Å². The zero-order valence-electron chi connectivity index (χ0n) is 18.3. The summed E-state index contributed by atoms with van der Waals surface area (Å²) in [4.78, 5) is 29.0. The maximum atomic E-state index is 12.6. The van der Waals surface area contributed by atoms with Gasteiger partial charge < -0.3 is 24.8 Å². The zero-order chi connectivity index (χ0) is 23.5. The van der Waals surface area contributed by atoms with Crippen molar-refractivity contribution >= 4 is 34.5 Å². The molecule has 0 bridgehead atoms. The number of aromatic nitrogens is 1. The maximum Gasteiger partial charge on any atom is 0.338 e. The van der Waals surface area contributed by atoms with E-state index >= 15 is 0 Å². The lowest BCUT2D eigenvalue weighted by Crippen LogP contribution is -2.45. The summed E-state index contributed by atoms with van der Waals surface area (Å²) >= 11 is 6.20. The standard InChI is InChI=1S/C24H22ClN3O5/c1-4-32-23(29)21-13(2)26-24(30)28-22(21)14-6-5-7-16(10-14)33-19-12-20(25)27-18-9-8-15(31-3)11-17(18)19/h5-12,22H,4H2,1-3H3,(H2,26,28,30). The van der Waals surface area contributed by atoms with Gasteiger partial charge in [-0.05, 0) is 49.7 Å². The Morgan fingerprint density at radius 2 is 1.97 bits per heavy atom. The second-order valence-electron chi connectivity index (χ2n) is 7.29. The number of nitrogens with one attached hydrogen (secondary N) is 2. The van der Waals surface area contributed by atoms with Crippen LogP contribution in [0.4, 0.5) is 4.79 Å². The number of esters is 1. The largest absolute Gasteiger partial charge is 0.497 e. The van der Waals surface area contributed by atoms with Crippen molar-refractivity contribution in [2.75, 3.05) is 13.7 Å². The number of hydrogen-bond donors (Lipinski definition) is 2. The number of allylic oxidation sites excluding steroid dienone is 1. The number of carbonyl (C=O) groups excluding carboxylic acids is 2. The molecular weight excluding hydrogens is 446 g/mol. The summed E-state index contributed by atoms with van der Waals surface area (Å²) in [6.45, 7) is 3.61. The number of rotatable bonds is 6. The minimum Gasteiger partial charge on any atom is -0.497 e. The molecule has 1 aliphatic rings. The molecule has 1 atom stereocenters. The molecule has 0 saturated carbocycles. The second kappa shape index (κ2) is 9.38. The van der Waals surface area contributed by atoms with E-state index in [9.17, 15) is 9.59 Å². The van der Waals surface area contributed by atoms with Crippen LogP contribution in [0.15, 0.2) is 59.8 Å². The average Bonchev–Trinajstić information content (AvgIpc) is 2.78. The molecule has 0 spiro atoms. The highest BCUT2D eigenvalue weighted by atomic mass is 35.5. The number of nitrogens with zero attached hydrogens (tertiary/aromatic N) is 1. The number of ether oxygens (including phenoxy) is 3. The molecule has 0 radical (unpaired) electrons. The fraction of sp³-hybridized carbons (Fsp3) is 0.208. The van der Waals surface area contributed by atoms with Crippen molar-refractivity contribution in [1.29, 1.82) is 0 Å². The monoisotopic (exact) mass is 467 g/mol. The van der Waals surface area contributed by atoms with E-state index in [4.69, 9.17) is 25.8 Å². The van der Waals surface area contributed by atoms with Gasteiger partial charge in [0.05, 0.1) is 30.8 Å². The summed E-state index contributed by atoms with van der Waals surface area (Å²) in [7, 11) is 1.58. The average molecular weight is 468 g/mol. The lowest BCUT2D eigenvalue weighted by molar-refractivity contribution is -0.139. The molecule has 2 heterocycles. The molecule has 1 aromatic heterocycles. The van der Waals surface area contributed by atoms with Gasteiger partial charge >= 0.3 is 12.0 Å². The fourth-order valence-electron chi connectivity index (χ4n) is 3.66. The number of pyridine rings is 1. The van der Waals surface area contributed by atoms with Gasteiger partial charge in [0.25, 0.3) is 0 Å². The third-order valence-corrected chi connectivity index (χ3v) is 5.32. The summed E-state index contributed by atoms with van der Waals surface area (Å²) in [5.41, 5.74) is 2.08. The number of carbonyl (C=O) groups is 2. The molecule has 2 aromatic carbocycles. The van der Waals surface area contributed by atoms with Gasteiger partial charge in [-0.25, -0.2) is 14.6 Å². The molecule has 0 aliphatic carbocycles. The molecule has 8 nitrogen and oxygen atoms in total. The van der Waals surface area contributed by atoms with Crippen LogP contribution in [-0.4, -0.2) is 30.7 Å². The van der Waals surface area contributed by atoms with Crippen molar-refractivity contribution in [3.05, 3.63) is 70.5 Å². The molecule has 2 N–H and O–H groups in total. The molecule has 2 amide bonds. The van der Waals surface area contributed by atoms with Gasteiger partial charge in [0.15, 0.2) is 0 Å². The Balaban J connectivity index is 1.72. The first-order chi connectivity index (χ1) is 15.9. The third kappa shape index (κ3) is 4.70. The van der Waals surface area contributed by atoms with Crippen LogP contribution >= 0.6 is 11.6 Å². The van der Waals surface area contributed by atoms with Crippen LogP contribution in [0.5, 0.6) is 17.2 Å². The van der Waals surface area contributed by atoms with E-state index in [-0.39, 0.29) is 11.8 Å². The number of amides is 2. The Bertz CT molecular complexity index is 1270. The Morgan fingerprint density at radius 1 is 1.15 bits per heavy atom. The van der Waals surface area contributed by atoms with Gasteiger partial charge in [0, 0.05) is 17.1 Å². The highest BCUT2D eigenvalue weighted by molar-refractivity contribution is 6.30. The van der Waals surface area contributed by atoms with E-state index in [1.807, 2.05) is 6.07 Å². The first-order valence-electron chi connectivity index (χ1n) is 10.3. The number of urea groups is 1. The Hall–Kier alpha value is -3.78. The Kier molecular flexibility index (Phi) is 6.37. The number of methoxy groups -OCH3 is 1. The maximum absolute atomic E-state index is 12.6. The van der Waals surface area contributed by atoms with Crippen molar-refractivity contribution in [3.63, 3.8) is 0 Å². The summed E-state index contributed by atoms with van der Waals surface area (Å²) < 4.78 is 16.7. The van der Waals surface area contributed by atoms with Gasteiger partial charge in [0.2, 0.25) is 0 Å². The van der Waals surface area contributed by atoms with E-state index in [1.54, 1.807) is 63.4 Å².